The monoisotopic (exact) mass is 145 g/mol. The first-order chi connectivity index (χ1) is 4.43. The van der Waals surface area contributed by atoms with Crippen molar-refractivity contribution in [3.05, 3.63) is 5.92 Å². The average Bonchev–Trinajstić information content (AvgIpc) is 1.91. The van der Waals surface area contributed by atoms with E-state index < -0.39 is 0 Å². The molecular weight excluding hydrogens is 132 g/mol. The van der Waals surface area contributed by atoms with E-state index in [2.05, 4.69) is 0 Å². The van der Waals surface area contributed by atoms with Crippen LogP contribution in [-0.4, -0.2) is 5.88 Å². The third-order valence-electron chi connectivity index (χ3n) is 2.01. The van der Waals surface area contributed by atoms with Crippen LogP contribution in [0.4, 0.5) is 0 Å². The molecule has 0 spiro atoms. The number of hydrogen-bond donors (Lipinski definition) is 0. The zero-order valence-corrected chi connectivity index (χ0v) is 6.58. The zero-order valence-electron chi connectivity index (χ0n) is 5.83. The van der Waals surface area contributed by atoms with Crippen molar-refractivity contribution in [2.75, 3.05) is 5.88 Å². The number of halogens is 1. The molecule has 0 nitrogen and oxygen atoms in total. The molecule has 53 valence electrons. The minimum atomic E-state index is 0.829. The number of hydrogen-bond acceptors (Lipinski definition) is 0. The van der Waals surface area contributed by atoms with Crippen LogP contribution in [0.1, 0.15) is 38.5 Å². The third-order valence-corrected chi connectivity index (χ3v) is 2.20. The van der Waals surface area contributed by atoms with E-state index in [1.807, 2.05) is 0 Å². The van der Waals surface area contributed by atoms with Gasteiger partial charge in [0, 0.05) is 5.88 Å². The van der Waals surface area contributed by atoms with Gasteiger partial charge >= 0.3 is 0 Å². The second-order valence-corrected chi connectivity index (χ2v) is 3.13. The molecule has 1 aliphatic rings. The molecule has 0 atom stereocenters. The van der Waals surface area contributed by atoms with E-state index in [0.717, 1.165) is 5.88 Å². The summed E-state index contributed by atoms with van der Waals surface area (Å²) >= 11 is 5.61. The lowest BCUT2D eigenvalue weighted by Crippen LogP contribution is -2.03. The van der Waals surface area contributed by atoms with Gasteiger partial charge in [0.2, 0.25) is 0 Å². The molecule has 1 heteroatoms. The third kappa shape index (κ3) is 2.57. The van der Waals surface area contributed by atoms with Crippen LogP contribution in [0.5, 0.6) is 0 Å². The molecule has 0 aromatic carbocycles. The van der Waals surface area contributed by atoms with E-state index in [0.29, 0.717) is 0 Å². The van der Waals surface area contributed by atoms with Crippen LogP contribution in [0.3, 0.4) is 0 Å². The standard InChI is InChI=1S/C8H14Cl/c9-7-6-8-4-2-1-3-5-8/h1-7H2. The molecule has 9 heavy (non-hydrogen) atoms. The van der Waals surface area contributed by atoms with E-state index in [9.17, 15) is 0 Å². The molecule has 0 unspecified atom stereocenters. The Bertz CT molecular complexity index is 62.2. The smallest absolute Gasteiger partial charge is 0.0228 e. The summed E-state index contributed by atoms with van der Waals surface area (Å²) in [5, 5.41) is 0. The molecule has 0 aromatic heterocycles. The maximum atomic E-state index is 5.61. The van der Waals surface area contributed by atoms with Gasteiger partial charge in [-0.3, -0.25) is 0 Å². The van der Waals surface area contributed by atoms with Gasteiger partial charge in [0.25, 0.3) is 0 Å². The van der Waals surface area contributed by atoms with Crippen molar-refractivity contribution >= 4 is 11.6 Å². The van der Waals surface area contributed by atoms with Gasteiger partial charge in [-0.1, -0.05) is 19.3 Å². The highest BCUT2D eigenvalue weighted by Crippen LogP contribution is 2.28. The van der Waals surface area contributed by atoms with Gasteiger partial charge in [0.05, 0.1) is 0 Å². The molecule has 1 rings (SSSR count). The molecule has 1 fully saturated rings. The second-order valence-electron chi connectivity index (χ2n) is 2.75. The van der Waals surface area contributed by atoms with Crippen LogP contribution in [0, 0.1) is 5.92 Å². The Morgan fingerprint density at radius 2 is 1.78 bits per heavy atom. The molecule has 1 radical (unpaired) electrons. The Morgan fingerprint density at radius 1 is 1.11 bits per heavy atom. The van der Waals surface area contributed by atoms with Gasteiger partial charge in [-0.15, -0.1) is 11.6 Å². The van der Waals surface area contributed by atoms with Crippen molar-refractivity contribution < 1.29 is 0 Å². The molecule has 1 saturated carbocycles. The average molecular weight is 146 g/mol. The lowest BCUT2D eigenvalue weighted by atomic mass is 9.88. The lowest BCUT2D eigenvalue weighted by molar-refractivity contribution is 0.516. The summed E-state index contributed by atoms with van der Waals surface area (Å²) in [7, 11) is 0. The highest BCUT2D eigenvalue weighted by atomic mass is 35.5. The van der Waals surface area contributed by atoms with Gasteiger partial charge in [0.1, 0.15) is 0 Å². The van der Waals surface area contributed by atoms with Crippen molar-refractivity contribution in [2.45, 2.75) is 38.5 Å². The normalized spacial score (nSPS) is 22.3. The summed E-state index contributed by atoms with van der Waals surface area (Å²) in [5.74, 6) is 2.53. The summed E-state index contributed by atoms with van der Waals surface area (Å²) in [5.41, 5.74) is 0. The highest BCUT2D eigenvalue weighted by Gasteiger charge is 2.12. The molecular formula is C8H14Cl. The largest absolute Gasteiger partial charge is 0.127 e. The molecule has 0 N–H and O–H groups in total. The Morgan fingerprint density at radius 3 is 2.33 bits per heavy atom. The van der Waals surface area contributed by atoms with Crippen LogP contribution >= 0.6 is 11.6 Å². The Hall–Kier alpha value is 0.290. The quantitative estimate of drug-likeness (QED) is 0.524. The van der Waals surface area contributed by atoms with Crippen LogP contribution < -0.4 is 0 Å². The van der Waals surface area contributed by atoms with Crippen molar-refractivity contribution in [2.24, 2.45) is 0 Å². The molecule has 0 amide bonds. The van der Waals surface area contributed by atoms with E-state index in [4.69, 9.17) is 11.6 Å². The van der Waals surface area contributed by atoms with Crippen molar-refractivity contribution in [1.29, 1.82) is 0 Å². The van der Waals surface area contributed by atoms with Crippen molar-refractivity contribution in [3.63, 3.8) is 0 Å². The predicted molar refractivity (Wildman–Crippen MR) is 41.7 cm³/mol. The van der Waals surface area contributed by atoms with Crippen LogP contribution in [0.25, 0.3) is 0 Å². The van der Waals surface area contributed by atoms with Gasteiger partial charge < -0.3 is 0 Å². The summed E-state index contributed by atoms with van der Waals surface area (Å²) in [6.45, 7) is 0. The summed E-state index contributed by atoms with van der Waals surface area (Å²) in [4.78, 5) is 0. The maximum Gasteiger partial charge on any atom is 0.0228 e. The SMILES string of the molecule is ClCC[C]1CCCCC1. The van der Waals surface area contributed by atoms with Crippen LogP contribution in [-0.2, 0) is 0 Å². The first kappa shape index (κ1) is 7.40. The summed E-state index contributed by atoms with van der Waals surface area (Å²) in [6, 6.07) is 0. The fourth-order valence-electron chi connectivity index (χ4n) is 1.44. The van der Waals surface area contributed by atoms with Gasteiger partial charge in [-0.2, -0.15) is 0 Å². The molecule has 1 aliphatic carbocycles. The van der Waals surface area contributed by atoms with E-state index in [1.54, 1.807) is 5.92 Å². The zero-order chi connectivity index (χ0) is 6.53. The minimum absolute atomic E-state index is 0.829. The summed E-state index contributed by atoms with van der Waals surface area (Å²) in [6.07, 6.45) is 8.13. The highest BCUT2D eigenvalue weighted by molar-refractivity contribution is 6.17. The fraction of sp³-hybridized carbons (Fsp3) is 0.875. The molecule has 0 heterocycles. The Balaban J connectivity index is 2.08. The maximum absolute atomic E-state index is 5.61. The Kier molecular flexibility index (Phi) is 3.42. The molecule has 0 saturated heterocycles. The van der Waals surface area contributed by atoms with E-state index in [-0.39, 0.29) is 0 Å². The molecule has 0 aromatic rings. The van der Waals surface area contributed by atoms with E-state index >= 15 is 0 Å². The first-order valence-corrected chi connectivity index (χ1v) is 4.36. The van der Waals surface area contributed by atoms with Crippen LogP contribution in [0.15, 0.2) is 0 Å². The van der Waals surface area contributed by atoms with Gasteiger partial charge in [-0.25, -0.2) is 0 Å². The Labute approximate surface area is 62.6 Å². The summed E-state index contributed by atoms with van der Waals surface area (Å²) < 4.78 is 0. The number of alkyl halides is 1. The number of rotatable bonds is 2. The van der Waals surface area contributed by atoms with Crippen molar-refractivity contribution in [1.82, 2.24) is 0 Å². The molecule has 0 aliphatic heterocycles. The van der Waals surface area contributed by atoms with E-state index in [1.165, 1.54) is 38.5 Å². The van der Waals surface area contributed by atoms with Crippen LogP contribution in [0.2, 0.25) is 0 Å². The molecule has 0 bridgehead atoms. The topological polar surface area (TPSA) is 0 Å². The first-order valence-electron chi connectivity index (χ1n) is 3.83. The van der Waals surface area contributed by atoms with Gasteiger partial charge in [0.15, 0.2) is 0 Å². The van der Waals surface area contributed by atoms with Crippen molar-refractivity contribution in [3.8, 4) is 0 Å². The minimum Gasteiger partial charge on any atom is -0.127 e. The predicted octanol–water partition coefficient (Wildman–Crippen LogP) is 3.15. The lowest BCUT2D eigenvalue weighted by Gasteiger charge is -2.19. The van der Waals surface area contributed by atoms with Gasteiger partial charge in [-0.05, 0) is 25.2 Å². The fourth-order valence-corrected chi connectivity index (χ4v) is 1.70. The second kappa shape index (κ2) is 4.16.